The summed E-state index contributed by atoms with van der Waals surface area (Å²) in [4.78, 5) is 16.0. The van der Waals surface area contributed by atoms with Crippen LogP contribution in [0.1, 0.15) is 37.0 Å². The van der Waals surface area contributed by atoms with Gasteiger partial charge in [-0.05, 0) is 18.9 Å². The van der Waals surface area contributed by atoms with Crippen LogP contribution in [0.5, 0.6) is 5.75 Å². The number of aliphatic hydroxyl groups is 1. The fraction of sp³-hybridized carbons (Fsp3) is 0.500. The molecular weight excluding hydrogens is 206 g/mol. The lowest BCUT2D eigenvalue weighted by atomic mass is 9.89. The van der Waals surface area contributed by atoms with Crippen LogP contribution >= 0.6 is 0 Å². The SMILES string of the molecule is CCC(O)(CC)C(=O)c1cncc(OC)c1. The van der Waals surface area contributed by atoms with E-state index in [0.717, 1.165) is 0 Å². The molecule has 0 aliphatic rings. The first kappa shape index (κ1) is 12.6. The van der Waals surface area contributed by atoms with Crippen molar-refractivity contribution in [2.24, 2.45) is 0 Å². The van der Waals surface area contributed by atoms with Crippen LogP contribution in [0, 0.1) is 0 Å². The number of hydrogen-bond acceptors (Lipinski definition) is 4. The predicted molar refractivity (Wildman–Crippen MR) is 60.7 cm³/mol. The molecule has 1 aromatic heterocycles. The minimum Gasteiger partial charge on any atom is -0.495 e. The molecule has 0 saturated carbocycles. The quantitative estimate of drug-likeness (QED) is 0.773. The van der Waals surface area contributed by atoms with Crippen molar-refractivity contribution in [3.05, 3.63) is 24.0 Å². The summed E-state index contributed by atoms with van der Waals surface area (Å²) >= 11 is 0. The van der Waals surface area contributed by atoms with Gasteiger partial charge >= 0.3 is 0 Å². The van der Waals surface area contributed by atoms with Crippen molar-refractivity contribution in [3.8, 4) is 5.75 Å². The fourth-order valence-electron chi connectivity index (χ4n) is 1.49. The Balaban J connectivity index is 3.04. The van der Waals surface area contributed by atoms with Gasteiger partial charge in [0, 0.05) is 11.8 Å². The maximum absolute atomic E-state index is 12.1. The molecule has 1 rings (SSSR count). The molecule has 4 nitrogen and oxygen atoms in total. The van der Waals surface area contributed by atoms with E-state index in [4.69, 9.17) is 4.74 Å². The third-order valence-corrected chi connectivity index (χ3v) is 2.80. The Morgan fingerprint density at radius 1 is 1.44 bits per heavy atom. The molecule has 16 heavy (non-hydrogen) atoms. The highest BCUT2D eigenvalue weighted by Gasteiger charge is 2.32. The largest absolute Gasteiger partial charge is 0.495 e. The third-order valence-electron chi connectivity index (χ3n) is 2.80. The molecule has 0 unspecified atom stereocenters. The Bertz CT molecular complexity index is 372. The molecule has 1 heterocycles. The van der Waals surface area contributed by atoms with Gasteiger partial charge in [0.1, 0.15) is 11.4 Å². The molecule has 0 atom stereocenters. The second kappa shape index (κ2) is 5.07. The van der Waals surface area contributed by atoms with Crippen LogP contribution < -0.4 is 4.74 Å². The van der Waals surface area contributed by atoms with Gasteiger partial charge in [-0.15, -0.1) is 0 Å². The van der Waals surface area contributed by atoms with Crippen molar-refractivity contribution in [2.45, 2.75) is 32.3 Å². The number of aromatic nitrogens is 1. The highest BCUT2D eigenvalue weighted by Crippen LogP contribution is 2.22. The summed E-state index contributed by atoms with van der Waals surface area (Å²) < 4.78 is 4.99. The average Bonchev–Trinajstić information content (AvgIpc) is 2.37. The van der Waals surface area contributed by atoms with Gasteiger partial charge < -0.3 is 9.84 Å². The standard InChI is InChI=1S/C12H17NO3/c1-4-12(15,5-2)11(14)9-6-10(16-3)8-13-7-9/h6-8,15H,4-5H2,1-3H3. The molecule has 0 radical (unpaired) electrons. The molecule has 0 aromatic carbocycles. The van der Waals surface area contributed by atoms with E-state index in [1.165, 1.54) is 19.5 Å². The Labute approximate surface area is 95.3 Å². The Morgan fingerprint density at radius 2 is 2.06 bits per heavy atom. The average molecular weight is 223 g/mol. The molecule has 1 N–H and O–H groups in total. The van der Waals surface area contributed by atoms with Crippen LogP contribution in [0.15, 0.2) is 18.5 Å². The number of nitrogens with zero attached hydrogens (tertiary/aromatic N) is 1. The highest BCUT2D eigenvalue weighted by atomic mass is 16.5. The van der Waals surface area contributed by atoms with Crippen LogP contribution in [-0.2, 0) is 0 Å². The Hall–Kier alpha value is -1.42. The number of Topliss-reactive ketones (excluding diaryl/α,β-unsaturated/α-hetero) is 1. The van der Waals surface area contributed by atoms with Crippen molar-refractivity contribution in [2.75, 3.05) is 7.11 Å². The van der Waals surface area contributed by atoms with E-state index in [2.05, 4.69) is 4.98 Å². The number of ether oxygens (including phenoxy) is 1. The second-order valence-electron chi connectivity index (χ2n) is 3.68. The lowest BCUT2D eigenvalue weighted by Crippen LogP contribution is -2.37. The predicted octanol–water partition coefficient (Wildman–Crippen LogP) is 1.82. The highest BCUT2D eigenvalue weighted by molar-refractivity contribution is 6.02. The molecule has 0 aliphatic heterocycles. The normalized spacial score (nSPS) is 11.2. The van der Waals surface area contributed by atoms with E-state index in [9.17, 15) is 9.90 Å². The summed E-state index contributed by atoms with van der Waals surface area (Å²) in [5, 5.41) is 10.1. The molecule has 88 valence electrons. The summed E-state index contributed by atoms with van der Waals surface area (Å²) in [6.07, 6.45) is 3.74. The second-order valence-corrected chi connectivity index (χ2v) is 3.68. The van der Waals surface area contributed by atoms with Gasteiger partial charge in [0.2, 0.25) is 0 Å². The smallest absolute Gasteiger partial charge is 0.195 e. The van der Waals surface area contributed by atoms with E-state index >= 15 is 0 Å². The van der Waals surface area contributed by atoms with Gasteiger partial charge in [0.05, 0.1) is 13.3 Å². The van der Waals surface area contributed by atoms with E-state index in [1.54, 1.807) is 19.9 Å². The van der Waals surface area contributed by atoms with Gasteiger partial charge in [-0.1, -0.05) is 13.8 Å². The molecule has 0 fully saturated rings. The van der Waals surface area contributed by atoms with Crippen LogP contribution in [0.2, 0.25) is 0 Å². The summed E-state index contributed by atoms with van der Waals surface area (Å²) in [5.74, 6) is 0.212. The zero-order valence-corrected chi connectivity index (χ0v) is 9.86. The van der Waals surface area contributed by atoms with Gasteiger partial charge in [-0.25, -0.2) is 0 Å². The molecule has 1 aromatic rings. The van der Waals surface area contributed by atoms with Crippen molar-refractivity contribution < 1.29 is 14.6 Å². The third kappa shape index (κ3) is 2.39. The summed E-state index contributed by atoms with van der Waals surface area (Å²) in [6, 6.07) is 1.59. The Morgan fingerprint density at radius 3 is 2.56 bits per heavy atom. The molecule has 0 amide bonds. The van der Waals surface area contributed by atoms with Crippen molar-refractivity contribution in [3.63, 3.8) is 0 Å². The van der Waals surface area contributed by atoms with Gasteiger partial charge in [0.15, 0.2) is 5.78 Å². The number of carbonyl (C=O) groups is 1. The van der Waals surface area contributed by atoms with E-state index in [0.29, 0.717) is 24.2 Å². The first-order chi connectivity index (χ1) is 7.57. The van der Waals surface area contributed by atoms with Crippen molar-refractivity contribution in [1.82, 2.24) is 4.98 Å². The zero-order chi connectivity index (χ0) is 12.2. The summed E-state index contributed by atoms with van der Waals surface area (Å²) in [7, 11) is 1.51. The number of ketones is 1. The number of hydrogen-bond donors (Lipinski definition) is 1. The molecule has 0 saturated heterocycles. The van der Waals surface area contributed by atoms with Crippen molar-refractivity contribution in [1.29, 1.82) is 0 Å². The van der Waals surface area contributed by atoms with E-state index in [1.807, 2.05) is 0 Å². The maximum Gasteiger partial charge on any atom is 0.195 e. The van der Waals surface area contributed by atoms with E-state index in [-0.39, 0.29) is 5.78 Å². The minimum absolute atomic E-state index is 0.302. The van der Waals surface area contributed by atoms with Crippen molar-refractivity contribution >= 4 is 5.78 Å². The number of rotatable bonds is 5. The lowest BCUT2D eigenvalue weighted by Gasteiger charge is -2.23. The number of pyridine rings is 1. The van der Waals surface area contributed by atoms with Crippen LogP contribution in [-0.4, -0.2) is 28.6 Å². The van der Waals surface area contributed by atoms with Crippen LogP contribution in [0.4, 0.5) is 0 Å². The van der Waals surface area contributed by atoms with Gasteiger partial charge in [0.25, 0.3) is 0 Å². The van der Waals surface area contributed by atoms with Crippen LogP contribution in [0.25, 0.3) is 0 Å². The van der Waals surface area contributed by atoms with Gasteiger partial charge in [-0.3, -0.25) is 9.78 Å². The monoisotopic (exact) mass is 223 g/mol. The molecular formula is C12H17NO3. The number of carbonyl (C=O) groups excluding carboxylic acids is 1. The lowest BCUT2D eigenvalue weighted by molar-refractivity contribution is 0.0277. The minimum atomic E-state index is -1.30. The van der Waals surface area contributed by atoms with Gasteiger partial charge in [-0.2, -0.15) is 0 Å². The zero-order valence-electron chi connectivity index (χ0n) is 9.86. The van der Waals surface area contributed by atoms with E-state index < -0.39 is 5.60 Å². The first-order valence-electron chi connectivity index (χ1n) is 5.33. The first-order valence-corrected chi connectivity index (χ1v) is 5.33. The summed E-state index contributed by atoms with van der Waals surface area (Å²) in [6.45, 7) is 3.57. The molecule has 0 aliphatic carbocycles. The molecule has 0 spiro atoms. The topological polar surface area (TPSA) is 59.4 Å². The fourth-order valence-corrected chi connectivity index (χ4v) is 1.49. The van der Waals surface area contributed by atoms with Crippen LogP contribution in [0.3, 0.4) is 0 Å². The summed E-state index contributed by atoms with van der Waals surface area (Å²) in [5.41, 5.74) is -0.917. The number of methoxy groups -OCH3 is 1. The maximum atomic E-state index is 12.1. The molecule has 4 heteroatoms. The molecule has 0 bridgehead atoms. The Kier molecular flexibility index (Phi) is 4.01.